The van der Waals surface area contributed by atoms with E-state index in [9.17, 15) is 15.3 Å². The van der Waals surface area contributed by atoms with E-state index >= 15 is 0 Å². The summed E-state index contributed by atoms with van der Waals surface area (Å²) in [7, 11) is 0. The molecule has 0 spiro atoms. The van der Waals surface area contributed by atoms with Gasteiger partial charge in [-0.2, -0.15) is 0 Å². The minimum absolute atomic E-state index is 0.0724. The minimum Gasteiger partial charge on any atom is -0.387 e. The van der Waals surface area contributed by atoms with E-state index in [1.807, 2.05) is 0 Å². The molecule has 3 N–H and O–H groups in total. The molecule has 3 saturated carbocycles. The molecule has 4 aliphatic carbocycles. The maximum absolute atomic E-state index is 11.0. The molecule has 4 fully saturated rings. The van der Waals surface area contributed by atoms with Gasteiger partial charge in [0.1, 0.15) is 24.4 Å². The lowest BCUT2D eigenvalue weighted by Gasteiger charge is -2.58. The molecule has 0 unspecified atom stereocenters. The summed E-state index contributed by atoms with van der Waals surface area (Å²) in [4.78, 5) is 0. The van der Waals surface area contributed by atoms with Gasteiger partial charge in [0.25, 0.3) is 0 Å². The van der Waals surface area contributed by atoms with Crippen molar-refractivity contribution < 1.29 is 29.5 Å². The van der Waals surface area contributed by atoms with Crippen molar-refractivity contribution in [1.29, 1.82) is 0 Å². The zero-order chi connectivity index (χ0) is 41.0. The zero-order valence-corrected chi connectivity index (χ0v) is 37.9. The van der Waals surface area contributed by atoms with Crippen LogP contribution < -0.4 is 0 Å². The van der Waals surface area contributed by atoms with E-state index in [4.69, 9.17) is 14.2 Å². The number of aliphatic hydroxyl groups is 3. The van der Waals surface area contributed by atoms with Crippen molar-refractivity contribution in [2.75, 3.05) is 13.2 Å². The maximum Gasteiger partial charge on any atom is 0.186 e. The molecule has 5 rings (SSSR count). The minimum atomic E-state index is -1.32. The van der Waals surface area contributed by atoms with E-state index in [1.54, 1.807) is 0 Å². The summed E-state index contributed by atoms with van der Waals surface area (Å²) in [6.45, 7) is 19.7. The molecule has 330 valence electrons. The van der Waals surface area contributed by atoms with Gasteiger partial charge in [-0.3, -0.25) is 0 Å². The van der Waals surface area contributed by atoms with Gasteiger partial charge in [0, 0.05) is 6.61 Å². The molecule has 0 aromatic heterocycles. The molecule has 14 atom stereocenters. The average molecular weight is 799 g/mol. The number of rotatable bonds is 25. The molecule has 1 heterocycles. The van der Waals surface area contributed by atoms with Gasteiger partial charge >= 0.3 is 0 Å². The molecule has 1 aliphatic heterocycles. The SMILES string of the molecule is C=C(C)[C@H](CC)CC[C@@H](C)[C@H]1CC[C@H]2[C@@H]3CC=C4C[C@@H](O[C@@H]5O[C@H](COCCCCCCCCCCCCCCCC)[C@@H](O)[C@H](O)[C@H]5O)CC[C@]4(C)[C@H]3CC[C@]12C. The lowest BCUT2D eigenvalue weighted by Crippen LogP contribution is -2.60. The Bertz CT molecular complexity index is 1220. The summed E-state index contributed by atoms with van der Waals surface area (Å²) in [5, 5.41) is 32.6. The second-order valence-corrected chi connectivity index (χ2v) is 20.7. The topological polar surface area (TPSA) is 88.4 Å². The van der Waals surface area contributed by atoms with Crippen LogP contribution in [0.5, 0.6) is 0 Å². The maximum atomic E-state index is 11.0. The molecule has 0 aromatic carbocycles. The Kier molecular flexibility index (Phi) is 19.0. The van der Waals surface area contributed by atoms with Gasteiger partial charge in [-0.05, 0) is 130 Å². The predicted molar refractivity (Wildman–Crippen MR) is 235 cm³/mol. The lowest BCUT2D eigenvalue weighted by molar-refractivity contribution is -0.314. The van der Waals surface area contributed by atoms with Crippen LogP contribution in [-0.4, -0.2) is 65.3 Å². The normalized spacial score (nSPS) is 37.5. The van der Waals surface area contributed by atoms with E-state index in [0.717, 1.165) is 61.7 Å². The number of allylic oxidation sites excluding steroid dienone is 2. The molecule has 0 amide bonds. The van der Waals surface area contributed by atoms with Crippen molar-refractivity contribution in [3.05, 3.63) is 23.8 Å². The average Bonchev–Trinajstić information content (AvgIpc) is 3.56. The van der Waals surface area contributed by atoms with Crippen molar-refractivity contribution in [2.24, 2.45) is 46.3 Å². The van der Waals surface area contributed by atoms with E-state index < -0.39 is 30.7 Å². The highest BCUT2D eigenvalue weighted by molar-refractivity contribution is 5.25. The number of fused-ring (bicyclic) bond motifs is 5. The Morgan fingerprint density at radius 2 is 1.46 bits per heavy atom. The second kappa shape index (κ2) is 22.9. The van der Waals surface area contributed by atoms with Crippen LogP contribution in [0.1, 0.15) is 202 Å². The number of hydrogen-bond donors (Lipinski definition) is 3. The van der Waals surface area contributed by atoms with Crippen molar-refractivity contribution >= 4 is 0 Å². The fraction of sp³-hybridized carbons (Fsp3) is 0.922. The summed E-state index contributed by atoms with van der Waals surface area (Å²) in [6, 6.07) is 0. The lowest BCUT2D eigenvalue weighted by atomic mass is 9.47. The molecular weight excluding hydrogens is 709 g/mol. The zero-order valence-electron chi connectivity index (χ0n) is 37.9. The molecular formula is C51H90O6. The Labute approximate surface area is 350 Å². The van der Waals surface area contributed by atoms with E-state index in [2.05, 4.69) is 54.2 Å². The van der Waals surface area contributed by atoms with Crippen LogP contribution in [0.4, 0.5) is 0 Å². The van der Waals surface area contributed by atoms with Crippen molar-refractivity contribution in [1.82, 2.24) is 0 Å². The molecule has 0 radical (unpaired) electrons. The summed E-state index contributed by atoms with van der Waals surface area (Å²) in [6.07, 6.45) is 28.8. The van der Waals surface area contributed by atoms with Crippen LogP contribution in [0.15, 0.2) is 23.8 Å². The van der Waals surface area contributed by atoms with Crippen molar-refractivity contribution in [2.45, 2.75) is 239 Å². The van der Waals surface area contributed by atoms with E-state index in [-0.39, 0.29) is 18.1 Å². The van der Waals surface area contributed by atoms with Gasteiger partial charge in [0.15, 0.2) is 6.29 Å². The first-order valence-corrected chi connectivity index (χ1v) is 24.7. The molecule has 0 bridgehead atoms. The highest BCUT2D eigenvalue weighted by Crippen LogP contribution is 2.67. The van der Waals surface area contributed by atoms with Gasteiger partial charge < -0.3 is 29.5 Å². The van der Waals surface area contributed by atoms with Crippen molar-refractivity contribution in [3.63, 3.8) is 0 Å². The Morgan fingerprint density at radius 1 is 0.807 bits per heavy atom. The molecule has 57 heavy (non-hydrogen) atoms. The van der Waals surface area contributed by atoms with Crippen molar-refractivity contribution in [3.8, 4) is 0 Å². The fourth-order valence-electron chi connectivity index (χ4n) is 13.1. The molecule has 5 aliphatic rings. The Hall–Kier alpha value is -0.760. The number of aliphatic hydroxyl groups excluding tert-OH is 3. The van der Waals surface area contributed by atoms with Gasteiger partial charge in [0.2, 0.25) is 0 Å². The Morgan fingerprint density at radius 3 is 2.09 bits per heavy atom. The third kappa shape index (κ3) is 12.0. The second-order valence-electron chi connectivity index (χ2n) is 20.7. The van der Waals surface area contributed by atoms with Gasteiger partial charge in [0.05, 0.1) is 12.7 Å². The molecule has 0 aromatic rings. The quantitative estimate of drug-likeness (QED) is 0.0630. The highest BCUT2D eigenvalue weighted by Gasteiger charge is 2.59. The Balaban J connectivity index is 1.02. The summed E-state index contributed by atoms with van der Waals surface area (Å²) < 4.78 is 18.6. The van der Waals surface area contributed by atoms with E-state index in [0.29, 0.717) is 17.9 Å². The standard InChI is InChI=1S/C51H90O6/c1-8-10-11-12-13-14-15-16-17-18-19-20-21-22-33-55-35-45-46(52)47(53)48(54)49(57-45)56-40-29-31-50(6)39(34-40)25-26-41-43-28-27-42(51(43,7)32-30-44(41)50)37(5)23-24-38(9-2)36(3)4/h25,37-38,40-49,52-54H,3,8-24,26-35H2,1-2,4-7H3/t37-,38-,40+,41+,42-,43+,44+,45-,46-,47+,48-,49-,50+,51-/m1/s1. The highest BCUT2D eigenvalue weighted by atomic mass is 16.7. The summed E-state index contributed by atoms with van der Waals surface area (Å²) in [5.74, 6) is 4.61. The third-order valence-electron chi connectivity index (χ3n) is 16.9. The first kappa shape index (κ1) is 47.3. The number of ether oxygens (including phenoxy) is 3. The first-order chi connectivity index (χ1) is 27.4. The van der Waals surface area contributed by atoms with Crippen LogP contribution in [0.25, 0.3) is 0 Å². The summed E-state index contributed by atoms with van der Waals surface area (Å²) in [5.41, 5.74) is 3.56. The third-order valence-corrected chi connectivity index (χ3v) is 16.9. The van der Waals surface area contributed by atoms with Gasteiger partial charge in [-0.15, -0.1) is 0 Å². The number of hydrogen-bond acceptors (Lipinski definition) is 6. The van der Waals surface area contributed by atoms with Crippen LogP contribution in [0.3, 0.4) is 0 Å². The van der Waals surface area contributed by atoms with Crippen LogP contribution in [-0.2, 0) is 14.2 Å². The van der Waals surface area contributed by atoms with Gasteiger partial charge in [-0.25, -0.2) is 0 Å². The molecule has 6 heteroatoms. The summed E-state index contributed by atoms with van der Waals surface area (Å²) >= 11 is 0. The monoisotopic (exact) mass is 799 g/mol. The van der Waals surface area contributed by atoms with Crippen LogP contribution in [0.2, 0.25) is 0 Å². The first-order valence-electron chi connectivity index (χ1n) is 24.7. The fourth-order valence-corrected chi connectivity index (χ4v) is 13.1. The predicted octanol–water partition coefficient (Wildman–Crippen LogP) is 12.3. The van der Waals surface area contributed by atoms with Gasteiger partial charge in [-0.1, -0.05) is 142 Å². The smallest absolute Gasteiger partial charge is 0.186 e. The van der Waals surface area contributed by atoms with Crippen LogP contribution >= 0.6 is 0 Å². The molecule has 1 saturated heterocycles. The van der Waals surface area contributed by atoms with E-state index in [1.165, 1.54) is 140 Å². The largest absolute Gasteiger partial charge is 0.387 e. The molecule has 6 nitrogen and oxygen atoms in total. The number of unbranched alkanes of at least 4 members (excludes halogenated alkanes) is 13. The van der Waals surface area contributed by atoms with Crippen LogP contribution in [0, 0.1) is 46.3 Å².